The third kappa shape index (κ3) is 28.1. The van der Waals surface area contributed by atoms with Crippen molar-refractivity contribution >= 4 is 17.9 Å². The van der Waals surface area contributed by atoms with Crippen molar-refractivity contribution in [1.82, 2.24) is 0 Å². The van der Waals surface area contributed by atoms with Gasteiger partial charge in [-0.05, 0) is 6.42 Å². The molecule has 3 N–H and O–H groups in total. The second-order valence-electron chi connectivity index (χ2n) is 4.73. The van der Waals surface area contributed by atoms with Crippen molar-refractivity contribution in [3.8, 4) is 0 Å². The lowest BCUT2D eigenvalue weighted by molar-refractivity contribution is -0.141. The largest absolute Gasteiger partial charge is 0.481 e. The van der Waals surface area contributed by atoms with Gasteiger partial charge in [0.1, 0.15) is 0 Å². The lowest BCUT2D eigenvalue weighted by atomic mass is 10.0. The molecule has 1 atom stereocenters. The van der Waals surface area contributed by atoms with E-state index in [-0.39, 0.29) is 19.1 Å². The van der Waals surface area contributed by atoms with E-state index in [4.69, 9.17) is 15.3 Å². The Morgan fingerprint density at radius 1 is 1.08 bits per heavy atom. The van der Waals surface area contributed by atoms with E-state index in [1.165, 1.54) is 0 Å². The molecular formula is C17H30O7. The van der Waals surface area contributed by atoms with Crippen LogP contribution in [0.15, 0.2) is 25.3 Å². The first kappa shape index (κ1) is 26.7. The summed E-state index contributed by atoms with van der Waals surface area (Å²) in [5.74, 6) is -2.25. The number of hydrogen-bond acceptors (Lipinski definition) is 5. The van der Waals surface area contributed by atoms with Crippen LogP contribution in [-0.2, 0) is 19.1 Å². The van der Waals surface area contributed by atoms with Crippen molar-refractivity contribution in [2.45, 2.75) is 46.0 Å². The molecule has 0 bridgehead atoms. The molecular weight excluding hydrogens is 316 g/mol. The average molecular weight is 346 g/mol. The van der Waals surface area contributed by atoms with Crippen LogP contribution in [0.5, 0.6) is 0 Å². The highest BCUT2D eigenvalue weighted by Crippen LogP contribution is 2.08. The summed E-state index contributed by atoms with van der Waals surface area (Å²) in [4.78, 5) is 29.8. The molecule has 0 aromatic carbocycles. The molecule has 0 aliphatic heterocycles. The van der Waals surface area contributed by atoms with Gasteiger partial charge in [-0.15, -0.1) is 0 Å². The lowest BCUT2D eigenvalue weighted by Crippen LogP contribution is -2.08. The maximum Gasteiger partial charge on any atom is 0.330 e. The normalized spacial score (nSPS) is 9.96. The fraction of sp³-hybridized carbons (Fsp3) is 0.588. The highest BCUT2D eigenvalue weighted by Gasteiger charge is 2.08. The van der Waals surface area contributed by atoms with Crippen molar-refractivity contribution in [2.24, 2.45) is 5.92 Å². The molecule has 0 aliphatic rings. The van der Waals surface area contributed by atoms with Gasteiger partial charge in [-0.2, -0.15) is 0 Å². The molecule has 1 unspecified atom stereocenters. The monoisotopic (exact) mass is 346 g/mol. The molecule has 0 aromatic rings. The number of aliphatic hydroxyl groups is 1. The van der Waals surface area contributed by atoms with E-state index in [0.717, 1.165) is 37.8 Å². The number of carbonyl (C=O) groups excluding carboxylic acids is 1. The Morgan fingerprint density at radius 2 is 1.62 bits per heavy atom. The fourth-order valence-corrected chi connectivity index (χ4v) is 1.12. The molecule has 0 rings (SSSR count). The number of carboxylic acids is 2. The molecule has 0 fully saturated rings. The number of carbonyl (C=O) groups is 3. The number of hydrogen-bond donors (Lipinski definition) is 3. The van der Waals surface area contributed by atoms with Gasteiger partial charge < -0.3 is 20.1 Å². The van der Waals surface area contributed by atoms with Gasteiger partial charge in [0, 0.05) is 25.2 Å². The zero-order valence-electron chi connectivity index (χ0n) is 14.6. The quantitative estimate of drug-likeness (QED) is 0.316. The van der Waals surface area contributed by atoms with Gasteiger partial charge >= 0.3 is 17.9 Å². The predicted octanol–water partition coefficient (Wildman–Crippen LogP) is 2.64. The minimum Gasteiger partial charge on any atom is -0.481 e. The summed E-state index contributed by atoms with van der Waals surface area (Å²) >= 11 is 0. The van der Waals surface area contributed by atoms with Crippen LogP contribution in [0.2, 0.25) is 0 Å². The van der Waals surface area contributed by atoms with Gasteiger partial charge in [-0.1, -0.05) is 46.3 Å². The van der Waals surface area contributed by atoms with Crippen molar-refractivity contribution in [3.63, 3.8) is 0 Å². The first-order valence-electron chi connectivity index (χ1n) is 7.74. The first-order chi connectivity index (χ1) is 11.3. The Labute approximate surface area is 143 Å². The molecule has 24 heavy (non-hydrogen) atoms. The number of carboxylic acid groups (broad SMARTS) is 2. The van der Waals surface area contributed by atoms with E-state index in [2.05, 4.69) is 24.8 Å². The number of aliphatic hydroxyl groups excluding tert-OH is 1. The van der Waals surface area contributed by atoms with Crippen molar-refractivity contribution in [2.75, 3.05) is 13.2 Å². The molecule has 0 heterocycles. The van der Waals surface area contributed by atoms with E-state index in [9.17, 15) is 14.4 Å². The maximum absolute atomic E-state index is 10.3. The van der Waals surface area contributed by atoms with Crippen LogP contribution in [-0.4, -0.2) is 46.4 Å². The SMILES string of the molecule is C=CC(=O)O.C=CC(=O)OCCCO.CCCCCC(C)C(=O)O. The predicted molar refractivity (Wildman–Crippen MR) is 91.6 cm³/mol. The van der Waals surface area contributed by atoms with Crippen LogP contribution in [0, 0.1) is 5.92 Å². The van der Waals surface area contributed by atoms with Crippen molar-refractivity contribution in [3.05, 3.63) is 25.3 Å². The van der Waals surface area contributed by atoms with Gasteiger partial charge in [-0.25, -0.2) is 9.59 Å². The second kappa shape index (κ2) is 20.9. The Morgan fingerprint density at radius 3 is 1.96 bits per heavy atom. The molecule has 0 aromatic heterocycles. The van der Waals surface area contributed by atoms with Gasteiger partial charge in [0.05, 0.1) is 12.5 Å². The minimum atomic E-state index is -0.981. The topological polar surface area (TPSA) is 121 Å². The highest BCUT2D eigenvalue weighted by atomic mass is 16.5. The van der Waals surface area contributed by atoms with Crippen LogP contribution >= 0.6 is 0 Å². The third-order valence-corrected chi connectivity index (χ3v) is 2.55. The van der Waals surface area contributed by atoms with E-state index >= 15 is 0 Å². The molecule has 0 radical (unpaired) electrons. The van der Waals surface area contributed by atoms with E-state index in [1.54, 1.807) is 6.92 Å². The second-order valence-corrected chi connectivity index (χ2v) is 4.73. The van der Waals surface area contributed by atoms with Gasteiger partial charge in [-0.3, -0.25) is 4.79 Å². The smallest absolute Gasteiger partial charge is 0.330 e. The van der Waals surface area contributed by atoms with Crippen molar-refractivity contribution in [1.29, 1.82) is 0 Å². The summed E-state index contributed by atoms with van der Waals surface area (Å²) in [6, 6.07) is 0. The minimum absolute atomic E-state index is 0.0461. The summed E-state index contributed by atoms with van der Waals surface area (Å²) in [6.45, 7) is 10.4. The third-order valence-electron chi connectivity index (χ3n) is 2.55. The molecule has 0 saturated heterocycles. The summed E-state index contributed by atoms with van der Waals surface area (Å²) in [6.07, 6.45) is 6.59. The van der Waals surface area contributed by atoms with Crippen LogP contribution in [0.3, 0.4) is 0 Å². The molecule has 0 amide bonds. The maximum atomic E-state index is 10.3. The van der Waals surface area contributed by atoms with Crippen LogP contribution in [0.1, 0.15) is 46.0 Å². The Balaban J connectivity index is -0.000000291. The zero-order chi connectivity index (χ0) is 19.4. The zero-order valence-corrected chi connectivity index (χ0v) is 14.6. The standard InChI is InChI=1S/C8H16O2.C6H10O3.C3H4O2/c1-3-4-5-6-7(2)8(9)10;1-2-6(8)9-5-3-4-7;1-2-3(4)5/h7H,3-6H2,1-2H3,(H,9,10);2,7H,1,3-5H2;2H,1H2,(H,4,5). The van der Waals surface area contributed by atoms with E-state index in [0.29, 0.717) is 6.42 Å². The molecule has 0 spiro atoms. The van der Waals surface area contributed by atoms with Gasteiger partial charge in [0.25, 0.3) is 0 Å². The summed E-state index contributed by atoms with van der Waals surface area (Å²) < 4.78 is 4.51. The number of esters is 1. The molecule has 140 valence electrons. The molecule has 0 aliphatic carbocycles. The summed E-state index contributed by atoms with van der Waals surface area (Å²) in [7, 11) is 0. The fourth-order valence-electron chi connectivity index (χ4n) is 1.12. The van der Waals surface area contributed by atoms with Crippen LogP contribution in [0.4, 0.5) is 0 Å². The molecule has 7 nitrogen and oxygen atoms in total. The van der Waals surface area contributed by atoms with Gasteiger partial charge in [0.15, 0.2) is 0 Å². The number of unbranched alkanes of at least 4 members (excludes halogenated alkanes) is 2. The number of aliphatic carboxylic acids is 2. The van der Waals surface area contributed by atoms with E-state index < -0.39 is 17.9 Å². The number of ether oxygens (including phenoxy) is 1. The van der Waals surface area contributed by atoms with Crippen LogP contribution < -0.4 is 0 Å². The lowest BCUT2D eigenvalue weighted by Gasteiger charge is -2.03. The summed E-state index contributed by atoms with van der Waals surface area (Å²) in [5.41, 5.74) is 0. The van der Waals surface area contributed by atoms with Gasteiger partial charge in [0.2, 0.25) is 0 Å². The van der Waals surface area contributed by atoms with Crippen LogP contribution in [0.25, 0.3) is 0 Å². The summed E-state index contributed by atoms with van der Waals surface area (Å²) in [5, 5.41) is 24.3. The first-order valence-corrected chi connectivity index (χ1v) is 7.74. The Bertz CT molecular complexity index is 364. The molecule has 0 saturated carbocycles. The Kier molecular flexibility index (Phi) is 23.2. The number of rotatable bonds is 10. The average Bonchev–Trinajstić information content (AvgIpc) is 2.56. The molecule has 7 heteroatoms. The highest BCUT2D eigenvalue weighted by molar-refractivity contribution is 5.81. The Hall–Kier alpha value is -2.15. The van der Waals surface area contributed by atoms with E-state index in [1.807, 2.05) is 0 Å². The van der Waals surface area contributed by atoms with Crippen molar-refractivity contribution < 1.29 is 34.4 Å².